The van der Waals surface area contributed by atoms with Gasteiger partial charge in [0.15, 0.2) is 6.29 Å². The Morgan fingerprint density at radius 2 is 2.18 bits per heavy atom. The van der Waals surface area contributed by atoms with Crippen LogP contribution >= 0.6 is 15.9 Å². The SMILES string of the molecule is CCOC(=O)C(=O)Nc1cc(Br)ccc1C=O. The number of esters is 1. The van der Waals surface area contributed by atoms with E-state index in [1.54, 1.807) is 13.0 Å². The number of hydrogen-bond acceptors (Lipinski definition) is 4. The lowest BCUT2D eigenvalue weighted by Crippen LogP contribution is -2.25. The Labute approximate surface area is 106 Å². The van der Waals surface area contributed by atoms with Crippen LogP contribution in [0.3, 0.4) is 0 Å². The topological polar surface area (TPSA) is 72.5 Å². The Balaban J connectivity index is 2.87. The van der Waals surface area contributed by atoms with Crippen molar-refractivity contribution in [2.45, 2.75) is 6.92 Å². The second-order valence-electron chi connectivity index (χ2n) is 3.02. The van der Waals surface area contributed by atoms with E-state index in [-0.39, 0.29) is 17.9 Å². The lowest BCUT2D eigenvalue weighted by Gasteiger charge is -2.07. The minimum Gasteiger partial charge on any atom is -0.459 e. The Kier molecular flexibility index (Phi) is 4.84. The summed E-state index contributed by atoms with van der Waals surface area (Å²) in [7, 11) is 0. The first-order chi connectivity index (χ1) is 8.08. The van der Waals surface area contributed by atoms with Gasteiger partial charge >= 0.3 is 11.9 Å². The molecule has 0 spiro atoms. The summed E-state index contributed by atoms with van der Waals surface area (Å²) >= 11 is 3.20. The monoisotopic (exact) mass is 299 g/mol. The number of aldehydes is 1. The van der Waals surface area contributed by atoms with Gasteiger partial charge in [-0.2, -0.15) is 0 Å². The predicted molar refractivity (Wildman–Crippen MR) is 64.8 cm³/mol. The molecule has 0 aliphatic heterocycles. The summed E-state index contributed by atoms with van der Waals surface area (Å²) in [5, 5.41) is 2.31. The highest BCUT2D eigenvalue weighted by atomic mass is 79.9. The number of hydrogen-bond donors (Lipinski definition) is 1. The molecule has 6 heteroatoms. The minimum atomic E-state index is -0.982. The molecule has 0 unspecified atom stereocenters. The molecule has 17 heavy (non-hydrogen) atoms. The van der Waals surface area contributed by atoms with Gasteiger partial charge in [0.2, 0.25) is 0 Å². The molecule has 1 amide bonds. The smallest absolute Gasteiger partial charge is 0.397 e. The van der Waals surface area contributed by atoms with Crippen LogP contribution in [0.4, 0.5) is 5.69 Å². The summed E-state index contributed by atoms with van der Waals surface area (Å²) in [4.78, 5) is 33.2. The van der Waals surface area contributed by atoms with Gasteiger partial charge in [-0.1, -0.05) is 15.9 Å². The number of rotatable bonds is 3. The minimum absolute atomic E-state index is 0.116. The van der Waals surface area contributed by atoms with Crippen molar-refractivity contribution in [3.05, 3.63) is 28.2 Å². The molecule has 1 rings (SSSR count). The fourth-order valence-electron chi connectivity index (χ4n) is 1.11. The summed E-state index contributed by atoms with van der Waals surface area (Å²) in [5.41, 5.74) is 0.540. The normalized spacial score (nSPS) is 9.53. The number of carbonyl (C=O) groups excluding carboxylic acids is 3. The maximum Gasteiger partial charge on any atom is 0.397 e. The van der Waals surface area contributed by atoms with Crippen LogP contribution in [0.2, 0.25) is 0 Å². The number of anilines is 1. The van der Waals surface area contributed by atoms with Gasteiger partial charge in [0.1, 0.15) is 0 Å². The zero-order valence-corrected chi connectivity index (χ0v) is 10.6. The van der Waals surface area contributed by atoms with Crippen molar-refractivity contribution in [2.75, 3.05) is 11.9 Å². The molecule has 0 aliphatic carbocycles. The Bertz CT molecular complexity index is 459. The highest BCUT2D eigenvalue weighted by molar-refractivity contribution is 9.10. The number of benzene rings is 1. The lowest BCUT2D eigenvalue weighted by molar-refractivity contribution is -0.152. The third-order valence-electron chi connectivity index (χ3n) is 1.85. The van der Waals surface area contributed by atoms with E-state index >= 15 is 0 Å². The van der Waals surface area contributed by atoms with Gasteiger partial charge in [0, 0.05) is 10.0 Å². The highest BCUT2D eigenvalue weighted by Gasteiger charge is 2.16. The van der Waals surface area contributed by atoms with Crippen molar-refractivity contribution in [2.24, 2.45) is 0 Å². The van der Waals surface area contributed by atoms with Crippen molar-refractivity contribution in [3.8, 4) is 0 Å². The van der Waals surface area contributed by atoms with Crippen LogP contribution < -0.4 is 5.32 Å². The van der Waals surface area contributed by atoms with Crippen LogP contribution in [-0.2, 0) is 14.3 Å². The second-order valence-corrected chi connectivity index (χ2v) is 3.94. The summed E-state index contributed by atoms with van der Waals surface area (Å²) < 4.78 is 5.21. The lowest BCUT2D eigenvalue weighted by atomic mass is 10.2. The zero-order chi connectivity index (χ0) is 12.8. The van der Waals surface area contributed by atoms with Gasteiger partial charge in [-0.3, -0.25) is 9.59 Å². The molecule has 1 aromatic carbocycles. The maximum atomic E-state index is 11.4. The van der Waals surface area contributed by atoms with Gasteiger partial charge in [-0.05, 0) is 25.1 Å². The maximum absolute atomic E-state index is 11.4. The molecule has 0 heterocycles. The number of ether oxygens (including phenoxy) is 1. The molecule has 1 aromatic rings. The van der Waals surface area contributed by atoms with E-state index in [4.69, 9.17) is 0 Å². The van der Waals surface area contributed by atoms with E-state index in [1.807, 2.05) is 0 Å². The van der Waals surface area contributed by atoms with Crippen LogP contribution in [0.1, 0.15) is 17.3 Å². The van der Waals surface area contributed by atoms with E-state index in [0.717, 1.165) is 0 Å². The number of carbonyl (C=O) groups is 3. The molecule has 0 aliphatic rings. The standard InChI is InChI=1S/C11H10BrNO4/c1-2-17-11(16)10(15)13-9-5-8(12)4-3-7(9)6-14/h3-6H,2H2,1H3,(H,13,15). The van der Waals surface area contributed by atoms with Gasteiger partial charge < -0.3 is 10.1 Å². The first-order valence-corrected chi connectivity index (χ1v) is 5.60. The fourth-order valence-corrected chi connectivity index (χ4v) is 1.47. The molecule has 0 atom stereocenters. The van der Waals surface area contributed by atoms with Crippen LogP contribution in [-0.4, -0.2) is 24.8 Å². The number of amides is 1. The van der Waals surface area contributed by atoms with Crippen molar-refractivity contribution in [3.63, 3.8) is 0 Å². The van der Waals surface area contributed by atoms with E-state index in [9.17, 15) is 14.4 Å². The van der Waals surface area contributed by atoms with Crippen molar-refractivity contribution >= 4 is 39.8 Å². The van der Waals surface area contributed by atoms with Crippen molar-refractivity contribution in [1.29, 1.82) is 0 Å². The Morgan fingerprint density at radius 1 is 1.47 bits per heavy atom. The summed E-state index contributed by atoms with van der Waals surface area (Å²) in [5.74, 6) is -1.89. The molecule has 0 saturated carbocycles. The van der Waals surface area contributed by atoms with Crippen LogP contribution in [0.15, 0.2) is 22.7 Å². The van der Waals surface area contributed by atoms with Crippen LogP contribution in [0.5, 0.6) is 0 Å². The average molecular weight is 300 g/mol. The Hall–Kier alpha value is -1.69. The van der Waals surface area contributed by atoms with Gasteiger partial charge in [0.25, 0.3) is 0 Å². The molecular weight excluding hydrogens is 290 g/mol. The molecule has 0 radical (unpaired) electrons. The number of nitrogens with one attached hydrogen (secondary N) is 1. The molecular formula is C11H10BrNO4. The predicted octanol–water partition coefficient (Wildman–Crippen LogP) is 1.76. The quantitative estimate of drug-likeness (QED) is 0.524. The van der Waals surface area contributed by atoms with E-state index in [0.29, 0.717) is 10.8 Å². The number of halogens is 1. The van der Waals surface area contributed by atoms with Crippen LogP contribution in [0.25, 0.3) is 0 Å². The van der Waals surface area contributed by atoms with Crippen molar-refractivity contribution < 1.29 is 19.1 Å². The summed E-state index contributed by atoms with van der Waals surface area (Å²) in [6.45, 7) is 1.71. The third-order valence-corrected chi connectivity index (χ3v) is 2.34. The highest BCUT2D eigenvalue weighted by Crippen LogP contribution is 2.20. The van der Waals surface area contributed by atoms with E-state index in [1.165, 1.54) is 12.1 Å². The molecule has 1 N–H and O–H groups in total. The average Bonchev–Trinajstić information content (AvgIpc) is 2.29. The summed E-state index contributed by atoms with van der Waals surface area (Å²) in [6, 6.07) is 4.71. The molecule has 0 aromatic heterocycles. The molecule has 0 bridgehead atoms. The van der Waals surface area contributed by atoms with Crippen molar-refractivity contribution in [1.82, 2.24) is 0 Å². The first-order valence-electron chi connectivity index (χ1n) is 4.81. The van der Waals surface area contributed by atoms with E-state index < -0.39 is 11.9 Å². The van der Waals surface area contributed by atoms with Gasteiger partial charge in [0.05, 0.1) is 12.3 Å². The Morgan fingerprint density at radius 3 is 2.76 bits per heavy atom. The molecule has 5 nitrogen and oxygen atoms in total. The first kappa shape index (κ1) is 13.4. The largest absolute Gasteiger partial charge is 0.459 e. The summed E-state index contributed by atoms with van der Waals surface area (Å²) in [6.07, 6.45) is 0.590. The fraction of sp³-hybridized carbons (Fsp3) is 0.182. The van der Waals surface area contributed by atoms with E-state index in [2.05, 4.69) is 26.0 Å². The van der Waals surface area contributed by atoms with Crippen LogP contribution in [0, 0.1) is 0 Å². The third kappa shape index (κ3) is 3.67. The molecule has 0 saturated heterocycles. The zero-order valence-electron chi connectivity index (χ0n) is 9.03. The second kappa shape index (κ2) is 6.15. The molecule has 0 fully saturated rings. The molecule has 90 valence electrons. The van der Waals surface area contributed by atoms with Gasteiger partial charge in [-0.15, -0.1) is 0 Å². The van der Waals surface area contributed by atoms with Gasteiger partial charge in [-0.25, -0.2) is 4.79 Å².